The van der Waals surface area contributed by atoms with Gasteiger partial charge in [0.05, 0.1) is 17.6 Å². The number of nitrogens with zero attached hydrogens (tertiary/aromatic N) is 3. The normalized spacial score (nSPS) is 26.1. The van der Waals surface area contributed by atoms with Gasteiger partial charge >= 0.3 is 0 Å². The first-order valence-corrected chi connectivity index (χ1v) is 6.54. The van der Waals surface area contributed by atoms with Crippen molar-refractivity contribution in [1.29, 1.82) is 5.26 Å². The molecule has 1 saturated heterocycles. The molecular formula is C14H14FN3O. The lowest BCUT2D eigenvalue weighted by Gasteiger charge is -2.36. The number of aryl methyl sites for hydroxylation is 1. The lowest BCUT2D eigenvalue weighted by molar-refractivity contribution is 0.0574. The van der Waals surface area contributed by atoms with Crippen molar-refractivity contribution in [3.8, 4) is 6.07 Å². The minimum absolute atomic E-state index is 0.0878. The van der Waals surface area contributed by atoms with Crippen LogP contribution in [-0.4, -0.2) is 28.4 Å². The molecule has 2 unspecified atom stereocenters. The molecule has 0 radical (unpaired) electrons. The Bertz CT molecular complexity index is 566. The average molecular weight is 259 g/mol. The van der Waals surface area contributed by atoms with Gasteiger partial charge in [-0.15, -0.1) is 0 Å². The van der Waals surface area contributed by atoms with Crippen LogP contribution in [0.5, 0.6) is 0 Å². The molecule has 0 saturated carbocycles. The molecule has 1 aromatic heterocycles. The fraction of sp³-hybridized carbons (Fsp3) is 0.500. The van der Waals surface area contributed by atoms with Gasteiger partial charge in [0.2, 0.25) is 5.95 Å². The molecule has 2 aliphatic heterocycles. The molecule has 19 heavy (non-hydrogen) atoms. The van der Waals surface area contributed by atoms with Gasteiger partial charge in [-0.05, 0) is 37.3 Å². The first-order chi connectivity index (χ1) is 9.19. The summed E-state index contributed by atoms with van der Waals surface area (Å²) in [4.78, 5) is 17.9. The molecule has 2 atom stereocenters. The molecule has 1 amide bonds. The minimum atomic E-state index is -0.540. The minimum Gasteiger partial charge on any atom is -0.334 e. The molecule has 5 heteroatoms. The molecule has 4 nitrogen and oxygen atoms in total. The van der Waals surface area contributed by atoms with Crippen LogP contribution in [0, 0.1) is 23.2 Å². The number of aromatic nitrogens is 1. The number of carbonyl (C=O) groups is 1. The average Bonchev–Trinajstić information content (AvgIpc) is 2.56. The number of rotatable bonds is 0. The topological polar surface area (TPSA) is 57.0 Å². The summed E-state index contributed by atoms with van der Waals surface area (Å²) in [5.74, 6) is -0.735. The number of amides is 1. The van der Waals surface area contributed by atoms with Crippen molar-refractivity contribution >= 4 is 5.91 Å². The van der Waals surface area contributed by atoms with Crippen LogP contribution < -0.4 is 0 Å². The number of piperidine rings is 1. The summed E-state index contributed by atoms with van der Waals surface area (Å²) in [6.45, 7) is 0.483. The summed E-state index contributed by atoms with van der Waals surface area (Å²) in [6.07, 6.45) is 4.55. The molecular weight excluding hydrogens is 245 g/mol. The van der Waals surface area contributed by atoms with Crippen LogP contribution >= 0.6 is 0 Å². The molecule has 1 fully saturated rings. The Morgan fingerprint density at radius 2 is 2.26 bits per heavy atom. The summed E-state index contributed by atoms with van der Waals surface area (Å²) < 4.78 is 13.2. The first-order valence-electron chi connectivity index (χ1n) is 6.54. The molecule has 0 bridgehead atoms. The van der Waals surface area contributed by atoms with Gasteiger partial charge in [0.1, 0.15) is 0 Å². The number of hydrogen-bond acceptors (Lipinski definition) is 3. The van der Waals surface area contributed by atoms with Crippen LogP contribution in [0.4, 0.5) is 4.39 Å². The van der Waals surface area contributed by atoms with Gasteiger partial charge in [0, 0.05) is 18.8 Å². The number of fused-ring (bicyclic) bond motifs is 2. The van der Waals surface area contributed by atoms with Crippen molar-refractivity contribution in [3.63, 3.8) is 0 Å². The summed E-state index contributed by atoms with van der Waals surface area (Å²) in [7, 11) is 0. The van der Waals surface area contributed by atoms with Crippen molar-refractivity contribution < 1.29 is 9.18 Å². The van der Waals surface area contributed by atoms with E-state index in [1.165, 1.54) is 12.3 Å². The Labute approximate surface area is 110 Å². The van der Waals surface area contributed by atoms with Crippen LogP contribution in [0.25, 0.3) is 0 Å². The molecule has 0 N–H and O–H groups in total. The maximum atomic E-state index is 13.2. The summed E-state index contributed by atoms with van der Waals surface area (Å²) in [6, 6.07) is 3.77. The Hall–Kier alpha value is -1.96. The molecule has 3 rings (SSSR count). The number of nitriles is 1. The molecule has 2 aliphatic rings. The van der Waals surface area contributed by atoms with Gasteiger partial charge in [-0.3, -0.25) is 4.79 Å². The summed E-state index contributed by atoms with van der Waals surface area (Å²) in [5, 5.41) is 9.02. The van der Waals surface area contributed by atoms with E-state index in [2.05, 4.69) is 11.1 Å². The molecule has 0 aromatic carbocycles. The van der Waals surface area contributed by atoms with Gasteiger partial charge in [0.25, 0.3) is 5.91 Å². The molecule has 98 valence electrons. The van der Waals surface area contributed by atoms with E-state index in [0.29, 0.717) is 18.5 Å². The zero-order valence-electron chi connectivity index (χ0n) is 10.5. The molecule has 3 heterocycles. The Kier molecular flexibility index (Phi) is 2.94. The predicted octanol–water partition coefficient (Wildman–Crippen LogP) is 1.91. The summed E-state index contributed by atoms with van der Waals surface area (Å²) in [5.41, 5.74) is 1.22. The second-order valence-corrected chi connectivity index (χ2v) is 5.22. The van der Waals surface area contributed by atoms with Gasteiger partial charge in [0.15, 0.2) is 0 Å². The van der Waals surface area contributed by atoms with E-state index in [4.69, 9.17) is 5.26 Å². The van der Waals surface area contributed by atoms with Crippen molar-refractivity contribution in [2.75, 3.05) is 6.54 Å². The number of halogens is 1. The third-order valence-corrected chi connectivity index (χ3v) is 4.08. The van der Waals surface area contributed by atoms with Crippen LogP contribution in [-0.2, 0) is 6.42 Å². The van der Waals surface area contributed by atoms with Gasteiger partial charge in [-0.1, -0.05) is 0 Å². The molecule has 1 aromatic rings. The SMILES string of the molecule is N#CC1CCC2CCc3cc(F)ncc3C(=O)N2C1. The number of pyridine rings is 1. The fourth-order valence-corrected chi connectivity index (χ4v) is 3.03. The van der Waals surface area contributed by atoms with E-state index >= 15 is 0 Å². The van der Waals surface area contributed by atoms with E-state index in [9.17, 15) is 9.18 Å². The van der Waals surface area contributed by atoms with Crippen LogP contribution in [0.2, 0.25) is 0 Å². The molecule has 0 spiro atoms. The number of hydrogen-bond donors (Lipinski definition) is 0. The Morgan fingerprint density at radius 1 is 1.42 bits per heavy atom. The zero-order valence-corrected chi connectivity index (χ0v) is 10.5. The lowest BCUT2D eigenvalue weighted by Crippen LogP contribution is -2.45. The third-order valence-electron chi connectivity index (χ3n) is 4.08. The second kappa shape index (κ2) is 4.61. The third kappa shape index (κ3) is 2.07. The van der Waals surface area contributed by atoms with E-state index < -0.39 is 5.95 Å². The van der Waals surface area contributed by atoms with Crippen LogP contribution in [0.15, 0.2) is 12.3 Å². The second-order valence-electron chi connectivity index (χ2n) is 5.22. The van der Waals surface area contributed by atoms with Crippen molar-refractivity contribution in [1.82, 2.24) is 9.88 Å². The van der Waals surface area contributed by atoms with Crippen LogP contribution in [0.3, 0.4) is 0 Å². The van der Waals surface area contributed by atoms with Gasteiger partial charge < -0.3 is 4.90 Å². The monoisotopic (exact) mass is 259 g/mol. The summed E-state index contributed by atoms with van der Waals surface area (Å²) >= 11 is 0. The van der Waals surface area contributed by atoms with Crippen LogP contribution in [0.1, 0.15) is 35.2 Å². The van der Waals surface area contributed by atoms with E-state index in [1.807, 2.05) is 0 Å². The van der Waals surface area contributed by atoms with Gasteiger partial charge in [-0.2, -0.15) is 9.65 Å². The standard InChI is InChI=1S/C14H14FN3O/c15-13-5-10-2-4-11-3-1-9(6-16)8-18(11)14(19)12(10)7-17-13/h5,7,9,11H,1-4,8H2. The maximum Gasteiger partial charge on any atom is 0.255 e. The zero-order chi connectivity index (χ0) is 13.4. The van der Waals surface area contributed by atoms with E-state index in [0.717, 1.165) is 24.8 Å². The highest BCUT2D eigenvalue weighted by atomic mass is 19.1. The Morgan fingerprint density at radius 3 is 3.05 bits per heavy atom. The molecule has 0 aliphatic carbocycles. The van der Waals surface area contributed by atoms with Crippen molar-refractivity contribution in [3.05, 3.63) is 29.3 Å². The first kappa shape index (κ1) is 12.1. The lowest BCUT2D eigenvalue weighted by atomic mass is 9.92. The van der Waals surface area contributed by atoms with E-state index in [1.54, 1.807) is 4.90 Å². The smallest absolute Gasteiger partial charge is 0.255 e. The quantitative estimate of drug-likeness (QED) is 0.669. The van der Waals surface area contributed by atoms with Crippen molar-refractivity contribution in [2.45, 2.75) is 31.7 Å². The van der Waals surface area contributed by atoms with Crippen molar-refractivity contribution in [2.24, 2.45) is 5.92 Å². The van der Waals surface area contributed by atoms with E-state index in [-0.39, 0.29) is 17.9 Å². The fourth-order valence-electron chi connectivity index (χ4n) is 3.03. The highest BCUT2D eigenvalue weighted by molar-refractivity contribution is 5.96. The largest absolute Gasteiger partial charge is 0.334 e. The maximum absolute atomic E-state index is 13.2. The highest BCUT2D eigenvalue weighted by Gasteiger charge is 2.35. The highest BCUT2D eigenvalue weighted by Crippen LogP contribution is 2.30. The predicted molar refractivity (Wildman–Crippen MR) is 65.7 cm³/mol. The Balaban J connectivity index is 1.96. The van der Waals surface area contributed by atoms with Gasteiger partial charge in [-0.25, -0.2) is 4.98 Å². The number of carbonyl (C=O) groups excluding carboxylic acids is 1.